The lowest BCUT2D eigenvalue weighted by Gasteiger charge is -2.26. The van der Waals surface area contributed by atoms with Crippen molar-refractivity contribution in [3.63, 3.8) is 0 Å². The van der Waals surface area contributed by atoms with E-state index in [0.717, 1.165) is 12.8 Å². The monoisotopic (exact) mass is 261 g/mol. The highest BCUT2D eigenvalue weighted by Crippen LogP contribution is 2.06. The second kappa shape index (κ2) is 8.05. The molecule has 2 atom stereocenters. The predicted molar refractivity (Wildman–Crippen MR) is 66.4 cm³/mol. The van der Waals surface area contributed by atoms with Gasteiger partial charge < -0.3 is 19.9 Å². The number of amides is 1. The molecular formula is C12H23NO5. The van der Waals surface area contributed by atoms with E-state index in [9.17, 15) is 9.59 Å². The zero-order valence-electron chi connectivity index (χ0n) is 11.5. The maximum Gasteiger partial charge on any atom is 0.331 e. The summed E-state index contributed by atoms with van der Waals surface area (Å²) < 4.78 is 10.1. The lowest BCUT2D eigenvalue weighted by atomic mass is 10.0. The highest BCUT2D eigenvalue weighted by molar-refractivity contribution is 5.88. The van der Waals surface area contributed by atoms with Gasteiger partial charge in [-0.3, -0.25) is 4.79 Å². The number of carbonyl (C=O) groups excluding carboxylic acids is 1. The van der Waals surface area contributed by atoms with Gasteiger partial charge in [-0.1, -0.05) is 13.3 Å². The van der Waals surface area contributed by atoms with Crippen molar-refractivity contribution in [2.75, 3.05) is 20.3 Å². The summed E-state index contributed by atoms with van der Waals surface area (Å²) in [6.45, 7) is 5.40. The van der Waals surface area contributed by atoms with Crippen LogP contribution in [0.5, 0.6) is 0 Å². The summed E-state index contributed by atoms with van der Waals surface area (Å²) in [5, 5.41) is 11.5. The number of rotatable bonds is 9. The highest BCUT2D eigenvalue weighted by Gasteiger charge is 2.36. The first kappa shape index (κ1) is 16.9. The van der Waals surface area contributed by atoms with Crippen LogP contribution in [0.15, 0.2) is 0 Å². The molecule has 0 spiro atoms. The molecule has 0 aliphatic carbocycles. The van der Waals surface area contributed by atoms with Gasteiger partial charge in [-0.15, -0.1) is 0 Å². The summed E-state index contributed by atoms with van der Waals surface area (Å²) in [5.41, 5.74) is -1.44. The van der Waals surface area contributed by atoms with Gasteiger partial charge in [0.2, 0.25) is 5.91 Å². The molecule has 0 bridgehead atoms. The zero-order chi connectivity index (χ0) is 14.2. The summed E-state index contributed by atoms with van der Waals surface area (Å²) >= 11 is 0. The van der Waals surface area contributed by atoms with Crippen molar-refractivity contribution in [1.82, 2.24) is 5.32 Å². The third kappa shape index (κ3) is 5.46. The summed E-state index contributed by atoms with van der Waals surface area (Å²) in [4.78, 5) is 22.9. The number of carboxylic acids is 1. The summed E-state index contributed by atoms with van der Waals surface area (Å²) in [6, 6.07) is 0. The lowest BCUT2D eigenvalue weighted by molar-refractivity contribution is -0.151. The van der Waals surface area contributed by atoms with Crippen molar-refractivity contribution in [3.05, 3.63) is 0 Å². The molecule has 0 aromatic rings. The zero-order valence-corrected chi connectivity index (χ0v) is 11.5. The Bertz CT molecular complexity index is 282. The minimum absolute atomic E-state index is 0.101. The summed E-state index contributed by atoms with van der Waals surface area (Å²) in [6.07, 6.45) is 1.17. The average Bonchev–Trinajstić information content (AvgIpc) is 2.29. The standard InChI is InChI=1S/C12H23NO5/c1-5-6-7-18-9(2)10(14)13-12(3,8-17-4)11(15)16/h9H,5-8H2,1-4H3,(H,13,14)(H,15,16). The molecule has 0 aromatic heterocycles. The van der Waals surface area contributed by atoms with Crippen LogP contribution in [0.2, 0.25) is 0 Å². The van der Waals surface area contributed by atoms with E-state index in [4.69, 9.17) is 14.6 Å². The third-order valence-corrected chi connectivity index (χ3v) is 2.54. The smallest absolute Gasteiger partial charge is 0.331 e. The van der Waals surface area contributed by atoms with Crippen LogP contribution in [0.4, 0.5) is 0 Å². The van der Waals surface area contributed by atoms with Gasteiger partial charge in [0.1, 0.15) is 6.10 Å². The molecule has 106 valence electrons. The highest BCUT2D eigenvalue weighted by atomic mass is 16.5. The first-order valence-corrected chi connectivity index (χ1v) is 6.03. The SMILES string of the molecule is CCCCOC(C)C(=O)NC(C)(COC)C(=O)O. The van der Waals surface area contributed by atoms with E-state index >= 15 is 0 Å². The molecule has 0 fully saturated rings. The molecule has 0 saturated carbocycles. The van der Waals surface area contributed by atoms with E-state index in [-0.39, 0.29) is 6.61 Å². The van der Waals surface area contributed by atoms with Crippen molar-refractivity contribution >= 4 is 11.9 Å². The fraction of sp³-hybridized carbons (Fsp3) is 0.833. The topological polar surface area (TPSA) is 84.9 Å². The number of hydrogen-bond acceptors (Lipinski definition) is 4. The van der Waals surface area contributed by atoms with Crippen LogP contribution in [0.3, 0.4) is 0 Å². The van der Waals surface area contributed by atoms with Crippen molar-refractivity contribution in [2.24, 2.45) is 0 Å². The van der Waals surface area contributed by atoms with Gasteiger partial charge in [-0.05, 0) is 20.3 Å². The van der Waals surface area contributed by atoms with E-state index < -0.39 is 23.5 Å². The molecule has 6 heteroatoms. The molecule has 0 saturated heterocycles. The second-order valence-corrected chi connectivity index (χ2v) is 4.43. The molecule has 0 radical (unpaired) electrons. The molecular weight excluding hydrogens is 238 g/mol. The van der Waals surface area contributed by atoms with Gasteiger partial charge in [-0.2, -0.15) is 0 Å². The Morgan fingerprint density at radius 3 is 2.50 bits per heavy atom. The van der Waals surface area contributed by atoms with Gasteiger partial charge in [0.15, 0.2) is 5.54 Å². The third-order valence-electron chi connectivity index (χ3n) is 2.54. The van der Waals surface area contributed by atoms with Crippen LogP contribution in [0.25, 0.3) is 0 Å². The van der Waals surface area contributed by atoms with Crippen LogP contribution < -0.4 is 5.32 Å². The Kier molecular flexibility index (Phi) is 7.54. The fourth-order valence-electron chi connectivity index (χ4n) is 1.29. The number of nitrogens with one attached hydrogen (secondary N) is 1. The Morgan fingerprint density at radius 1 is 1.44 bits per heavy atom. The van der Waals surface area contributed by atoms with E-state index in [0.29, 0.717) is 6.61 Å². The maximum atomic E-state index is 11.8. The van der Waals surface area contributed by atoms with Crippen LogP contribution in [-0.4, -0.2) is 48.9 Å². The van der Waals surface area contributed by atoms with Crippen molar-refractivity contribution in [2.45, 2.75) is 45.3 Å². The number of hydrogen-bond donors (Lipinski definition) is 2. The van der Waals surface area contributed by atoms with Crippen molar-refractivity contribution in [3.8, 4) is 0 Å². The number of carboxylic acid groups (broad SMARTS) is 1. The number of methoxy groups -OCH3 is 1. The summed E-state index contributed by atoms with van der Waals surface area (Å²) in [7, 11) is 1.38. The minimum Gasteiger partial charge on any atom is -0.479 e. The van der Waals surface area contributed by atoms with E-state index in [2.05, 4.69) is 5.32 Å². The van der Waals surface area contributed by atoms with Gasteiger partial charge in [0.05, 0.1) is 6.61 Å². The Morgan fingerprint density at radius 2 is 2.06 bits per heavy atom. The van der Waals surface area contributed by atoms with Crippen LogP contribution in [0, 0.1) is 0 Å². The molecule has 0 rings (SSSR count). The maximum absolute atomic E-state index is 11.8. The number of aliphatic carboxylic acids is 1. The van der Waals surface area contributed by atoms with Gasteiger partial charge in [0.25, 0.3) is 0 Å². The molecule has 2 unspecified atom stereocenters. The van der Waals surface area contributed by atoms with E-state index in [1.807, 2.05) is 6.92 Å². The van der Waals surface area contributed by atoms with Crippen molar-refractivity contribution in [1.29, 1.82) is 0 Å². The van der Waals surface area contributed by atoms with Crippen LogP contribution >= 0.6 is 0 Å². The molecule has 0 aliphatic heterocycles. The van der Waals surface area contributed by atoms with Gasteiger partial charge >= 0.3 is 5.97 Å². The normalized spacial score (nSPS) is 15.8. The Hall–Kier alpha value is -1.14. The quantitative estimate of drug-likeness (QED) is 0.600. The molecule has 0 aromatic carbocycles. The van der Waals surface area contributed by atoms with E-state index in [1.165, 1.54) is 14.0 Å². The number of carbonyl (C=O) groups is 2. The minimum atomic E-state index is -1.44. The molecule has 18 heavy (non-hydrogen) atoms. The van der Waals surface area contributed by atoms with Crippen LogP contribution in [0.1, 0.15) is 33.6 Å². The lowest BCUT2D eigenvalue weighted by Crippen LogP contribution is -2.57. The second-order valence-electron chi connectivity index (χ2n) is 4.43. The molecule has 0 heterocycles. The van der Waals surface area contributed by atoms with E-state index in [1.54, 1.807) is 6.92 Å². The fourth-order valence-corrected chi connectivity index (χ4v) is 1.29. The largest absolute Gasteiger partial charge is 0.479 e. The number of unbranched alkanes of at least 4 members (excludes halogenated alkanes) is 1. The Labute approximate surface area is 108 Å². The molecule has 0 aliphatic rings. The first-order chi connectivity index (χ1) is 8.37. The molecule has 2 N–H and O–H groups in total. The Balaban J connectivity index is 4.37. The predicted octanol–water partition coefficient (Wildman–Crippen LogP) is 0.798. The van der Waals surface area contributed by atoms with Gasteiger partial charge in [0, 0.05) is 13.7 Å². The average molecular weight is 261 g/mol. The first-order valence-electron chi connectivity index (χ1n) is 6.03. The molecule has 1 amide bonds. The molecule has 6 nitrogen and oxygen atoms in total. The number of ether oxygens (including phenoxy) is 2. The van der Waals surface area contributed by atoms with Gasteiger partial charge in [-0.25, -0.2) is 4.79 Å². The summed E-state index contributed by atoms with van der Waals surface area (Å²) in [5.74, 6) is -1.59. The van der Waals surface area contributed by atoms with Crippen LogP contribution in [-0.2, 0) is 19.1 Å². The van der Waals surface area contributed by atoms with Crippen molar-refractivity contribution < 1.29 is 24.2 Å².